The molecule has 7 nitrogen and oxygen atoms in total. The van der Waals surface area contributed by atoms with Crippen molar-refractivity contribution in [2.75, 3.05) is 12.4 Å². The third-order valence-electron chi connectivity index (χ3n) is 4.35. The second-order valence-electron chi connectivity index (χ2n) is 6.48. The van der Waals surface area contributed by atoms with E-state index in [1.165, 1.54) is 6.92 Å². The van der Waals surface area contributed by atoms with Crippen LogP contribution >= 0.6 is 0 Å². The molecule has 0 unspecified atom stereocenters. The van der Waals surface area contributed by atoms with Gasteiger partial charge in [0.05, 0.1) is 41.3 Å². The van der Waals surface area contributed by atoms with Crippen molar-refractivity contribution >= 4 is 22.8 Å². The van der Waals surface area contributed by atoms with E-state index in [0.29, 0.717) is 11.6 Å². The van der Waals surface area contributed by atoms with Crippen LogP contribution in [0.4, 0.5) is 5.82 Å². The molecular formula is C21H19N5O2. The van der Waals surface area contributed by atoms with Crippen LogP contribution in [0.5, 0.6) is 5.75 Å². The lowest BCUT2D eigenvalue weighted by atomic mass is 10.0. The number of anilines is 1. The number of aromatic amines is 1. The number of H-pyrrole nitrogens is 1. The summed E-state index contributed by atoms with van der Waals surface area (Å²) < 4.78 is 5.22. The minimum atomic E-state index is -0.171. The number of methoxy groups -OCH3 is 1. The SMILES string of the molecule is COc1ccc(-c2c(-c3ccnc(NC(C)=O)c3)[nH]c3cc(C)cnc23)nc1. The minimum absolute atomic E-state index is 0.171. The summed E-state index contributed by atoms with van der Waals surface area (Å²) in [4.78, 5) is 28.2. The van der Waals surface area contributed by atoms with Crippen molar-refractivity contribution in [1.29, 1.82) is 0 Å². The summed E-state index contributed by atoms with van der Waals surface area (Å²) in [6.07, 6.45) is 5.18. The van der Waals surface area contributed by atoms with Crippen molar-refractivity contribution in [2.45, 2.75) is 13.8 Å². The highest BCUT2D eigenvalue weighted by molar-refractivity contribution is 6.01. The molecule has 2 N–H and O–H groups in total. The molecule has 140 valence electrons. The zero-order valence-corrected chi connectivity index (χ0v) is 15.8. The monoisotopic (exact) mass is 373 g/mol. The van der Waals surface area contributed by atoms with E-state index in [1.54, 1.807) is 19.5 Å². The average Bonchev–Trinajstić information content (AvgIpc) is 3.06. The lowest BCUT2D eigenvalue weighted by molar-refractivity contribution is -0.114. The van der Waals surface area contributed by atoms with Gasteiger partial charge in [0.15, 0.2) is 0 Å². The molecule has 0 aliphatic carbocycles. The lowest BCUT2D eigenvalue weighted by Crippen LogP contribution is -2.07. The number of carbonyl (C=O) groups is 1. The molecule has 0 aromatic carbocycles. The number of amides is 1. The van der Waals surface area contributed by atoms with Gasteiger partial charge in [-0.2, -0.15) is 0 Å². The van der Waals surface area contributed by atoms with Crippen LogP contribution < -0.4 is 10.1 Å². The standard InChI is InChI=1S/C21H19N5O2/c1-12-8-17-21(24-10-12)19(16-5-4-15(28-3)11-23-16)20(26-17)14-6-7-22-18(9-14)25-13(2)27/h4-11,26H,1-3H3,(H,22,25,27). The Bertz CT molecular complexity index is 1170. The Balaban J connectivity index is 1.93. The summed E-state index contributed by atoms with van der Waals surface area (Å²) in [6.45, 7) is 3.45. The van der Waals surface area contributed by atoms with Gasteiger partial charge in [-0.15, -0.1) is 0 Å². The average molecular weight is 373 g/mol. The first-order chi connectivity index (χ1) is 13.5. The largest absolute Gasteiger partial charge is 0.495 e. The van der Waals surface area contributed by atoms with Crippen molar-refractivity contribution in [3.8, 4) is 28.3 Å². The van der Waals surface area contributed by atoms with E-state index in [9.17, 15) is 4.79 Å². The number of rotatable bonds is 4. The molecule has 0 aliphatic heterocycles. The fourth-order valence-corrected chi connectivity index (χ4v) is 3.13. The number of hydrogen-bond acceptors (Lipinski definition) is 5. The second kappa shape index (κ2) is 7.11. The zero-order chi connectivity index (χ0) is 19.7. The van der Waals surface area contributed by atoms with Crippen LogP contribution in [0.15, 0.2) is 48.9 Å². The number of aryl methyl sites for hydroxylation is 1. The van der Waals surface area contributed by atoms with Gasteiger partial charge in [-0.05, 0) is 42.8 Å². The van der Waals surface area contributed by atoms with Crippen molar-refractivity contribution < 1.29 is 9.53 Å². The summed E-state index contributed by atoms with van der Waals surface area (Å²) in [6, 6.07) is 9.54. The van der Waals surface area contributed by atoms with Gasteiger partial charge in [0.25, 0.3) is 0 Å². The van der Waals surface area contributed by atoms with E-state index < -0.39 is 0 Å². The van der Waals surface area contributed by atoms with Crippen LogP contribution in [0.25, 0.3) is 33.5 Å². The molecule has 4 heterocycles. The molecular weight excluding hydrogens is 354 g/mol. The van der Waals surface area contributed by atoms with E-state index in [4.69, 9.17) is 4.74 Å². The van der Waals surface area contributed by atoms with Crippen LogP contribution in [0.2, 0.25) is 0 Å². The van der Waals surface area contributed by atoms with Gasteiger partial charge >= 0.3 is 0 Å². The molecule has 4 rings (SSSR count). The van der Waals surface area contributed by atoms with Crippen LogP contribution in [0.3, 0.4) is 0 Å². The van der Waals surface area contributed by atoms with Crippen LogP contribution in [0.1, 0.15) is 12.5 Å². The minimum Gasteiger partial charge on any atom is -0.495 e. The van der Waals surface area contributed by atoms with Gasteiger partial charge < -0.3 is 15.0 Å². The van der Waals surface area contributed by atoms with Gasteiger partial charge in [0, 0.05) is 24.9 Å². The maximum atomic E-state index is 11.4. The van der Waals surface area contributed by atoms with E-state index in [2.05, 4.69) is 31.3 Å². The molecule has 0 spiro atoms. The molecule has 0 radical (unpaired) electrons. The van der Waals surface area contributed by atoms with E-state index >= 15 is 0 Å². The molecule has 7 heteroatoms. The molecule has 0 saturated carbocycles. The summed E-state index contributed by atoms with van der Waals surface area (Å²) >= 11 is 0. The fourth-order valence-electron chi connectivity index (χ4n) is 3.13. The maximum absolute atomic E-state index is 11.4. The van der Waals surface area contributed by atoms with Gasteiger partial charge in [0.1, 0.15) is 11.6 Å². The molecule has 1 amide bonds. The highest BCUT2D eigenvalue weighted by Gasteiger charge is 2.18. The van der Waals surface area contributed by atoms with E-state index in [1.807, 2.05) is 37.4 Å². The second-order valence-corrected chi connectivity index (χ2v) is 6.48. The Kier molecular flexibility index (Phi) is 4.49. The predicted molar refractivity (Wildman–Crippen MR) is 108 cm³/mol. The molecule has 28 heavy (non-hydrogen) atoms. The molecule has 0 bridgehead atoms. The molecule has 4 aromatic heterocycles. The topological polar surface area (TPSA) is 92.8 Å². The number of nitrogens with one attached hydrogen (secondary N) is 2. The highest BCUT2D eigenvalue weighted by Crippen LogP contribution is 2.37. The Hall–Kier alpha value is -3.74. The quantitative estimate of drug-likeness (QED) is 0.565. The lowest BCUT2D eigenvalue weighted by Gasteiger charge is -2.07. The Morgan fingerprint density at radius 3 is 2.68 bits per heavy atom. The first-order valence-corrected chi connectivity index (χ1v) is 8.78. The number of nitrogens with zero attached hydrogens (tertiary/aromatic N) is 3. The molecule has 4 aromatic rings. The smallest absolute Gasteiger partial charge is 0.222 e. The maximum Gasteiger partial charge on any atom is 0.222 e. The van der Waals surface area contributed by atoms with Crippen LogP contribution in [0, 0.1) is 6.92 Å². The number of pyridine rings is 3. The molecule has 0 atom stereocenters. The normalized spacial score (nSPS) is 10.8. The fraction of sp³-hybridized carbons (Fsp3) is 0.143. The molecule has 0 aliphatic rings. The Morgan fingerprint density at radius 1 is 1.11 bits per heavy atom. The van der Waals surface area contributed by atoms with Gasteiger partial charge in [-0.3, -0.25) is 14.8 Å². The number of carbonyl (C=O) groups excluding carboxylic acids is 1. The first-order valence-electron chi connectivity index (χ1n) is 8.78. The van der Waals surface area contributed by atoms with Crippen LogP contribution in [-0.4, -0.2) is 33.0 Å². The van der Waals surface area contributed by atoms with Crippen molar-refractivity contribution in [3.63, 3.8) is 0 Å². The zero-order valence-electron chi connectivity index (χ0n) is 15.8. The van der Waals surface area contributed by atoms with Crippen molar-refractivity contribution in [3.05, 3.63) is 54.5 Å². The molecule has 0 fully saturated rings. The predicted octanol–water partition coefficient (Wildman–Crippen LogP) is 3.96. The molecule has 0 saturated heterocycles. The summed E-state index contributed by atoms with van der Waals surface area (Å²) in [5.41, 5.74) is 6.20. The van der Waals surface area contributed by atoms with Crippen molar-refractivity contribution in [1.82, 2.24) is 19.9 Å². The summed E-state index contributed by atoms with van der Waals surface area (Å²) in [5, 5.41) is 2.72. The van der Waals surface area contributed by atoms with Crippen LogP contribution in [-0.2, 0) is 4.79 Å². The van der Waals surface area contributed by atoms with Crippen molar-refractivity contribution in [2.24, 2.45) is 0 Å². The number of fused-ring (bicyclic) bond motifs is 1. The van der Waals surface area contributed by atoms with Gasteiger partial charge in [-0.1, -0.05) is 0 Å². The summed E-state index contributed by atoms with van der Waals surface area (Å²) in [7, 11) is 1.61. The first kappa shape index (κ1) is 17.7. The van der Waals surface area contributed by atoms with E-state index in [0.717, 1.165) is 39.1 Å². The number of hydrogen-bond donors (Lipinski definition) is 2. The number of aromatic nitrogens is 4. The Labute approximate surface area is 161 Å². The summed E-state index contributed by atoms with van der Waals surface area (Å²) in [5.74, 6) is 1.00. The van der Waals surface area contributed by atoms with Gasteiger partial charge in [0.2, 0.25) is 5.91 Å². The third kappa shape index (κ3) is 3.29. The van der Waals surface area contributed by atoms with Gasteiger partial charge in [-0.25, -0.2) is 4.98 Å². The highest BCUT2D eigenvalue weighted by atomic mass is 16.5. The third-order valence-corrected chi connectivity index (χ3v) is 4.35. The number of ether oxygens (including phenoxy) is 1. The van der Waals surface area contributed by atoms with E-state index in [-0.39, 0.29) is 5.91 Å². The Morgan fingerprint density at radius 2 is 1.96 bits per heavy atom.